The van der Waals surface area contributed by atoms with Gasteiger partial charge < -0.3 is 14.7 Å². The van der Waals surface area contributed by atoms with Gasteiger partial charge in [-0.3, -0.25) is 4.79 Å². The van der Waals surface area contributed by atoms with E-state index in [9.17, 15) is 4.79 Å². The van der Waals surface area contributed by atoms with Crippen LogP contribution in [0.15, 0.2) is 30.3 Å². The predicted molar refractivity (Wildman–Crippen MR) is 86.7 cm³/mol. The fourth-order valence-corrected chi connectivity index (χ4v) is 3.07. The minimum Gasteiger partial charge on any atom is -0.481 e. The van der Waals surface area contributed by atoms with Gasteiger partial charge in [-0.25, -0.2) is 0 Å². The number of carbonyl (C=O) groups is 1. The van der Waals surface area contributed by atoms with Crippen molar-refractivity contribution in [1.29, 1.82) is 0 Å². The predicted octanol–water partition coefficient (Wildman–Crippen LogP) is 3.17. The molecule has 0 amide bonds. The van der Waals surface area contributed by atoms with Crippen molar-refractivity contribution in [3.63, 3.8) is 0 Å². The molecule has 0 radical (unpaired) electrons. The lowest BCUT2D eigenvalue weighted by molar-refractivity contribution is -0.137. The van der Waals surface area contributed by atoms with E-state index in [0.29, 0.717) is 18.9 Å². The van der Waals surface area contributed by atoms with E-state index in [2.05, 4.69) is 17.0 Å². The summed E-state index contributed by atoms with van der Waals surface area (Å²) in [5.74, 6) is -0.124. The zero-order valence-electron chi connectivity index (χ0n) is 13.2. The second-order valence-electron chi connectivity index (χ2n) is 6.13. The number of benzene rings is 1. The Labute approximate surface area is 133 Å². The quantitative estimate of drug-likeness (QED) is 0.712. The van der Waals surface area contributed by atoms with Crippen molar-refractivity contribution in [3.8, 4) is 0 Å². The molecule has 1 heterocycles. The molecule has 1 saturated heterocycles. The van der Waals surface area contributed by atoms with Gasteiger partial charge in [0.25, 0.3) is 0 Å². The summed E-state index contributed by atoms with van der Waals surface area (Å²) in [7, 11) is 0. The van der Waals surface area contributed by atoms with Gasteiger partial charge in [0.1, 0.15) is 0 Å². The number of piperidine rings is 1. The summed E-state index contributed by atoms with van der Waals surface area (Å²) in [5, 5.41) is 8.77. The minimum absolute atomic E-state index is 0.304. The van der Waals surface area contributed by atoms with Crippen LogP contribution in [-0.2, 0) is 16.1 Å². The molecule has 0 aliphatic carbocycles. The van der Waals surface area contributed by atoms with Crippen molar-refractivity contribution in [1.82, 2.24) is 4.90 Å². The number of carboxylic acid groups (broad SMARTS) is 1. The molecule has 1 aromatic rings. The van der Waals surface area contributed by atoms with Gasteiger partial charge >= 0.3 is 5.97 Å². The van der Waals surface area contributed by atoms with Crippen molar-refractivity contribution in [2.75, 3.05) is 26.2 Å². The van der Waals surface area contributed by atoms with Gasteiger partial charge in [0, 0.05) is 26.1 Å². The molecule has 0 saturated carbocycles. The first-order valence-electron chi connectivity index (χ1n) is 8.30. The third-order valence-electron chi connectivity index (χ3n) is 4.24. The Balaban J connectivity index is 1.55. The molecule has 1 atom stereocenters. The van der Waals surface area contributed by atoms with Crippen LogP contribution in [0.3, 0.4) is 0 Å². The summed E-state index contributed by atoms with van der Waals surface area (Å²) in [6.45, 7) is 4.71. The van der Waals surface area contributed by atoms with E-state index in [4.69, 9.17) is 9.84 Å². The molecule has 1 aromatic carbocycles. The number of hydrogen-bond donors (Lipinski definition) is 1. The molecule has 1 N–H and O–H groups in total. The smallest absolute Gasteiger partial charge is 0.303 e. The van der Waals surface area contributed by atoms with Crippen LogP contribution in [0.2, 0.25) is 0 Å². The second kappa shape index (κ2) is 9.59. The number of carboxylic acids is 1. The summed E-state index contributed by atoms with van der Waals surface area (Å²) in [4.78, 5) is 13.1. The first kappa shape index (κ1) is 17.0. The Hall–Kier alpha value is -1.39. The molecule has 1 aliphatic rings. The fraction of sp³-hybridized carbons (Fsp3) is 0.611. The van der Waals surface area contributed by atoms with Crippen LogP contribution in [0.1, 0.15) is 37.7 Å². The summed E-state index contributed by atoms with van der Waals surface area (Å²) >= 11 is 0. The third-order valence-corrected chi connectivity index (χ3v) is 4.24. The number of rotatable bonds is 9. The highest BCUT2D eigenvalue weighted by Gasteiger charge is 2.19. The van der Waals surface area contributed by atoms with Crippen LogP contribution in [-0.4, -0.2) is 42.2 Å². The van der Waals surface area contributed by atoms with E-state index < -0.39 is 5.97 Å². The Kier molecular flexibility index (Phi) is 7.40. The van der Waals surface area contributed by atoms with Gasteiger partial charge in [-0.1, -0.05) is 30.3 Å². The standard InChI is InChI=1S/C18H27NO3/c20-18(21)10-9-16-8-4-11-19(14-16)12-5-13-22-15-17-6-2-1-3-7-17/h1-3,6-7,16H,4-5,8-15H2,(H,20,21). The zero-order valence-corrected chi connectivity index (χ0v) is 13.2. The summed E-state index contributed by atoms with van der Waals surface area (Å²) < 4.78 is 5.71. The molecule has 0 spiro atoms. The van der Waals surface area contributed by atoms with Gasteiger partial charge in [-0.05, 0) is 43.7 Å². The van der Waals surface area contributed by atoms with E-state index in [1.807, 2.05) is 18.2 Å². The van der Waals surface area contributed by atoms with Gasteiger partial charge in [-0.15, -0.1) is 0 Å². The van der Waals surface area contributed by atoms with Gasteiger partial charge in [0.2, 0.25) is 0 Å². The first-order valence-corrected chi connectivity index (χ1v) is 8.30. The fourth-order valence-electron chi connectivity index (χ4n) is 3.07. The molecule has 0 bridgehead atoms. The van der Waals surface area contributed by atoms with Crippen molar-refractivity contribution in [2.45, 2.75) is 38.7 Å². The third kappa shape index (κ3) is 6.58. The van der Waals surface area contributed by atoms with Crippen LogP contribution in [0, 0.1) is 5.92 Å². The summed E-state index contributed by atoms with van der Waals surface area (Å²) in [6.07, 6.45) is 4.52. The second-order valence-corrected chi connectivity index (χ2v) is 6.13. The average molecular weight is 305 g/mol. The van der Waals surface area contributed by atoms with Crippen molar-refractivity contribution < 1.29 is 14.6 Å². The lowest BCUT2D eigenvalue weighted by atomic mass is 9.93. The highest BCUT2D eigenvalue weighted by molar-refractivity contribution is 5.66. The maximum absolute atomic E-state index is 10.7. The summed E-state index contributed by atoms with van der Waals surface area (Å²) in [6, 6.07) is 10.2. The van der Waals surface area contributed by atoms with Crippen LogP contribution in [0.5, 0.6) is 0 Å². The molecular weight excluding hydrogens is 278 g/mol. The van der Waals surface area contributed by atoms with Crippen molar-refractivity contribution in [2.24, 2.45) is 5.92 Å². The van der Waals surface area contributed by atoms with Crippen LogP contribution in [0.4, 0.5) is 0 Å². The lowest BCUT2D eigenvalue weighted by Crippen LogP contribution is -2.36. The lowest BCUT2D eigenvalue weighted by Gasteiger charge is -2.32. The molecule has 1 unspecified atom stereocenters. The number of aliphatic carboxylic acids is 1. The Bertz CT molecular complexity index is 435. The highest BCUT2D eigenvalue weighted by Crippen LogP contribution is 2.21. The largest absolute Gasteiger partial charge is 0.481 e. The molecule has 1 fully saturated rings. The van der Waals surface area contributed by atoms with E-state index >= 15 is 0 Å². The first-order chi connectivity index (χ1) is 10.7. The minimum atomic E-state index is -0.675. The average Bonchev–Trinajstić information content (AvgIpc) is 2.54. The van der Waals surface area contributed by atoms with Gasteiger partial charge in [0.15, 0.2) is 0 Å². The molecule has 22 heavy (non-hydrogen) atoms. The highest BCUT2D eigenvalue weighted by atomic mass is 16.5. The Morgan fingerprint density at radius 3 is 2.91 bits per heavy atom. The van der Waals surface area contributed by atoms with Crippen LogP contribution < -0.4 is 0 Å². The molecule has 0 aromatic heterocycles. The molecule has 1 aliphatic heterocycles. The van der Waals surface area contributed by atoms with E-state index in [0.717, 1.165) is 39.1 Å². The molecule has 122 valence electrons. The number of nitrogens with zero attached hydrogens (tertiary/aromatic N) is 1. The SMILES string of the molecule is O=C(O)CCC1CCCN(CCCOCc2ccccc2)C1. The summed E-state index contributed by atoms with van der Waals surface area (Å²) in [5.41, 5.74) is 1.22. The van der Waals surface area contributed by atoms with Crippen molar-refractivity contribution in [3.05, 3.63) is 35.9 Å². The van der Waals surface area contributed by atoms with E-state index in [1.165, 1.54) is 18.4 Å². The molecule has 4 heteroatoms. The van der Waals surface area contributed by atoms with Crippen LogP contribution in [0.25, 0.3) is 0 Å². The van der Waals surface area contributed by atoms with E-state index in [-0.39, 0.29) is 0 Å². The monoisotopic (exact) mass is 305 g/mol. The van der Waals surface area contributed by atoms with Crippen LogP contribution >= 0.6 is 0 Å². The van der Waals surface area contributed by atoms with Gasteiger partial charge in [-0.2, -0.15) is 0 Å². The normalized spacial score (nSPS) is 19.2. The number of ether oxygens (including phenoxy) is 1. The molecule has 4 nitrogen and oxygen atoms in total. The van der Waals surface area contributed by atoms with Crippen molar-refractivity contribution >= 4 is 5.97 Å². The Morgan fingerprint density at radius 2 is 2.14 bits per heavy atom. The molecule has 2 rings (SSSR count). The van der Waals surface area contributed by atoms with E-state index in [1.54, 1.807) is 0 Å². The topological polar surface area (TPSA) is 49.8 Å². The number of hydrogen-bond acceptors (Lipinski definition) is 3. The van der Waals surface area contributed by atoms with Gasteiger partial charge in [0.05, 0.1) is 6.61 Å². The Morgan fingerprint density at radius 1 is 1.32 bits per heavy atom. The maximum atomic E-state index is 10.7. The maximum Gasteiger partial charge on any atom is 0.303 e. The molecular formula is C18H27NO3. The number of likely N-dealkylation sites (tertiary alicyclic amines) is 1. The zero-order chi connectivity index (χ0) is 15.6.